The first kappa shape index (κ1) is 16.5. The second-order valence-corrected chi connectivity index (χ2v) is 4.34. The zero-order valence-electron chi connectivity index (χ0n) is 8.24. The van der Waals surface area contributed by atoms with Crippen molar-refractivity contribution in [3.63, 3.8) is 0 Å². The SMILES string of the molecule is O=S(=O)([O-])OCNc1ccc(Cl)c(Cl)c1.[Na+]. The number of halogens is 2. The van der Waals surface area contributed by atoms with Crippen LogP contribution in [0, 0.1) is 0 Å². The molecule has 1 aromatic carbocycles. The summed E-state index contributed by atoms with van der Waals surface area (Å²) in [4.78, 5) is 0. The number of rotatable bonds is 4. The van der Waals surface area contributed by atoms with Crippen LogP contribution < -0.4 is 34.9 Å². The standard InChI is InChI=1S/C7H7Cl2NO4S.Na/c8-6-2-1-5(3-7(6)9)10-4-14-15(11,12)13;/h1-3,10H,4H2,(H,11,12,13);/q;+1/p-1. The Bertz CT molecular complexity index is 454. The summed E-state index contributed by atoms with van der Waals surface area (Å²) >= 11 is 11.3. The van der Waals surface area contributed by atoms with Crippen LogP contribution in [0.15, 0.2) is 18.2 Å². The molecule has 0 aliphatic carbocycles. The normalized spacial score (nSPS) is 10.7. The number of anilines is 1. The van der Waals surface area contributed by atoms with Gasteiger partial charge in [0.25, 0.3) is 0 Å². The fraction of sp³-hybridized carbons (Fsp3) is 0.143. The molecule has 16 heavy (non-hydrogen) atoms. The topological polar surface area (TPSA) is 78.5 Å². The van der Waals surface area contributed by atoms with Gasteiger partial charge in [-0.15, -0.1) is 0 Å². The molecule has 5 nitrogen and oxygen atoms in total. The number of benzene rings is 1. The Kier molecular flexibility index (Phi) is 7.23. The molecular weight excluding hydrogens is 288 g/mol. The molecule has 0 unspecified atom stereocenters. The van der Waals surface area contributed by atoms with E-state index in [1.807, 2.05) is 0 Å². The average Bonchev–Trinajstić information content (AvgIpc) is 2.09. The van der Waals surface area contributed by atoms with Gasteiger partial charge in [-0.2, -0.15) is 0 Å². The Morgan fingerprint density at radius 1 is 1.31 bits per heavy atom. The Morgan fingerprint density at radius 2 is 1.94 bits per heavy atom. The minimum absolute atomic E-state index is 0. The van der Waals surface area contributed by atoms with Crippen LogP contribution in [0.4, 0.5) is 5.69 Å². The minimum atomic E-state index is -4.68. The van der Waals surface area contributed by atoms with Crippen molar-refractivity contribution in [3.05, 3.63) is 28.2 Å². The van der Waals surface area contributed by atoms with Crippen LogP contribution in [0.2, 0.25) is 10.0 Å². The van der Waals surface area contributed by atoms with Gasteiger partial charge in [-0.05, 0) is 18.2 Å². The third kappa shape index (κ3) is 6.27. The van der Waals surface area contributed by atoms with Crippen LogP contribution in [0.3, 0.4) is 0 Å². The van der Waals surface area contributed by atoms with Gasteiger partial charge in [0.1, 0.15) is 6.73 Å². The first-order valence-electron chi connectivity index (χ1n) is 3.67. The fourth-order valence-electron chi connectivity index (χ4n) is 0.791. The monoisotopic (exact) mass is 293 g/mol. The van der Waals surface area contributed by atoms with Crippen LogP contribution in [-0.2, 0) is 14.6 Å². The molecule has 1 aromatic rings. The average molecular weight is 294 g/mol. The molecule has 0 saturated heterocycles. The molecule has 0 amide bonds. The molecule has 0 spiro atoms. The van der Waals surface area contributed by atoms with Crippen LogP contribution in [0.5, 0.6) is 0 Å². The van der Waals surface area contributed by atoms with Gasteiger partial charge < -0.3 is 9.87 Å². The van der Waals surface area contributed by atoms with Crippen LogP contribution in [0.25, 0.3) is 0 Å². The van der Waals surface area contributed by atoms with E-state index in [2.05, 4.69) is 9.50 Å². The molecule has 0 heterocycles. The zero-order chi connectivity index (χ0) is 11.5. The summed E-state index contributed by atoms with van der Waals surface area (Å²) in [5.41, 5.74) is 0.494. The minimum Gasteiger partial charge on any atom is -0.725 e. The van der Waals surface area contributed by atoms with Gasteiger partial charge in [0.05, 0.1) is 10.0 Å². The van der Waals surface area contributed by atoms with Crippen molar-refractivity contribution in [2.24, 2.45) is 0 Å². The van der Waals surface area contributed by atoms with Gasteiger partial charge >= 0.3 is 29.6 Å². The van der Waals surface area contributed by atoms with Gasteiger partial charge in [0, 0.05) is 5.69 Å². The second-order valence-electron chi connectivity index (χ2n) is 2.48. The summed E-state index contributed by atoms with van der Waals surface area (Å²) in [6.07, 6.45) is 0. The van der Waals surface area contributed by atoms with E-state index < -0.39 is 17.1 Å². The largest absolute Gasteiger partial charge is 1.00 e. The summed E-state index contributed by atoms with van der Waals surface area (Å²) in [7, 11) is -4.68. The summed E-state index contributed by atoms with van der Waals surface area (Å²) < 4.78 is 34.2. The Balaban J connectivity index is 0.00000225. The Hall–Kier alpha value is 0.470. The third-order valence-electron chi connectivity index (χ3n) is 1.40. The van der Waals surface area contributed by atoms with Crippen molar-refractivity contribution in [2.75, 3.05) is 12.0 Å². The number of nitrogens with one attached hydrogen (secondary N) is 1. The van der Waals surface area contributed by atoms with Gasteiger partial charge in [-0.1, -0.05) is 23.2 Å². The van der Waals surface area contributed by atoms with Crippen LogP contribution >= 0.6 is 23.2 Å². The van der Waals surface area contributed by atoms with Gasteiger partial charge in [0.2, 0.25) is 10.4 Å². The van der Waals surface area contributed by atoms with Crippen molar-refractivity contribution in [1.82, 2.24) is 0 Å². The van der Waals surface area contributed by atoms with E-state index in [0.29, 0.717) is 15.7 Å². The van der Waals surface area contributed by atoms with Crippen molar-refractivity contribution in [1.29, 1.82) is 0 Å². The van der Waals surface area contributed by atoms with Crippen LogP contribution in [0.1, 0.15) is 0 Å². The number of hydrogen-bond acceptors (Lipinski definition) is 5. The summed E-state index contributed by atoms with van der Waals surface area (Å²) in [5.74, 6) is 0. The molecule has 0 saturated carbocycles. The first-order valence-corrected chi connectivity index (χ1v) is 5.76. The maximum Gasteiger partial charge on any atom is 1.00 e. The molecule has 0 aliphatic rings. The van der Waals surface area contributed by atoms with E-state index in [0.717, 1.165) is 0 Å². The van der Waals surface area contributed by atoms with Gasteiger partial charge in [-0.3, -0.25) is 4.18 Å². The molecule has 0 bridgehead atoms. The Morgan fingerprint density at radius 3 is 2.44 bits per heavy atom. The molecule has 0 fully saturated rings. The van der Waals surface area contributed by atoms with Crippen molar-refractivity contribution in [2.45, 2.75) is 0 Å². The first-order chi connectivity index (χ1) is 6.88. The van der Waals surface area contributed by atoms with Gasteiger partial charge in [-0.25, -0.2) is 8.42 Å². The molecule has 0 radical (unpaired) electrons. The van der Waals surface area contributed by atoms with E-state index >= 15 is 0 Å². The zero-order valence-corrected chi connectivity index (χ0v) is 12.6. The third-order valence-corrected chi connectivity index (χ3v) is 2.54. The van der Waals surface area contributed by atoms with E-state index in [1.54, 1.807) is 6.07 Å². The molecule has 84 valence electrons. The summed E-state index contributed by atoms with van der Waals surface area (Å²) in [6, 6.07) is 4.57. The molecule has 0 aliphatic heterocycles. The predicted molar refractivity (Wildman–Crippen MR) is 55.7 cm³/mol. The molecule has 1 N–H and O–H groups in total. The second kappa shape index (κ2) is 7.03. The Labute approximate surface area is 125 Å². The molecule has 0 atom stereocenters. The number of hydrogen-bond donors (Lipinski definition) is 1. The van der Waals surface area contributed by atoms with E-state index in [9.17, 15) is 13.0 Å². The van der Waals surface area contributed by atoms with Crippen LogP contribution in [-0.4, -0.2) is 19.7 Å². The summed E-state index contributed by atoms with van der Waals surface area (Å²) in [5, 5.41) is 3.21. The van der Waals surface area contributed by atoms with E-state index in [1.165, 1.54) is 12.1 Å². The quantitative estimate of drug-likeness (QED) is 0.328. The molecule has 0 aromatic heterocycles. The maximum absolute atomic E-state index is 10.1. The smallest absolute Gasteiger partial charge is 0.725 e. The van der Waals surface area contributed by atoms with Crippen molar-refractivity contribution in [3.8, 4) is 0 Å². The molecule has 9 heteroatoms. The van der Waals surface area contributed by atoms with E-state index in [-0.39, 0.29) is 29.6 Å². The van der Waals surface area contributed by atoms with Crippen molar-refractivity contribution >= 4 is 39.3 Å². The van der Waals surface area contributed by atoms with Crippen molar-refractivity contribution < 1.29 is 46.7 Å². The maximum atomic E-state index is 10.1. The van der Waals surface area contributed by atoms with E-state index in [4.69, 9.17) is 23.2 Å². The summed E-state index contributed by atoms with van der Waals surface area (Å²) in [6.45, 7) is -0.455. The van der Waals surface area contributed by atoms with Gasteiger partial charge in [0.15, 0.2) is 0 Å². The molecular formula is C7H6Cl2NNaO4S. The fourth-order valence-corrected chi connectivity index (χ4v) is 1.29. The predicted octanol–water partition coefficient (Wildman–Crippen LogP) is -1.16. The molecule has 1 rings (SSSR count).